The summed E-state index contributed by atoms with van der Waals surface area (Å²) in [7, 11) is 3.02. The molecule has 0 atom stereocenters. The first-order valence-corrected chi connectivity index (χ1v) is 8.76. The number of ether oxygens (including phenoxy) is 2. The average Bonchev–Trinajstić information content (AvgIpc) is 2.68. The highest BCUT2D eigenvalue weighted by Gasteiger charge is 2.11. The molecule has 0 aliphatic heterocycles. The molecular formula is C21H25N3O4. The zero-order valence-corrected chi connectivity index (χ0v) is 16.8. The summed E-state index contributed by atoms with van der Waals surface area (Å²) in [5.74, 6) is 0.371. The monoisotopic (exact) mass is 383 g/mol. The summed E-state index contributed by atoms with van der Waals surface area (Å²) in [4.78, 5) is 24.5. The van der Waals surface area contributed by atoms with Gasteiger partial charge in [0.2, 0.25) is 5.91 Å². The van der Waals surface area contributed by atoms with Crippen LogP contribution >= 0.6 is 0 Å². The molecule has 0 saturated carbocycles. The summed E-state index contributed by atoms with van der Waals surface area (Å²) in [5, 5.41) is 6.87. The quantitative estimate of drug-likeness (QED) is 0.566. The summed E-state index contributed by atoms with van der Waals surface area (Å²) < 4.78 is 10.3. The standard InChI is InChI=1S/C21H25N3O4/c1-13-6-7-14(2)17(10-13)22-20(25)11-15(3)23-24-21(26)16-8-9-18(27-4)19(12-16)28-5/h6-10,12H,11H2,1-5H3,(H,22,25)(H,24,26). The largest absolute Gasteiger partial charge is 0.493 e. The van der Waals surface area contributed by atoms with Crippen LogP contribution in [0.25, 0.3) is 0 Å². The van der Waals surface area contributed by atoms with Gasteiger partial charge in [0, 0.05) is 17.0 Å². The van der Waals surface area contributed by atoms with E-state index in [9.17, 15) is 9.59 Å². The number of anilines is 1. The van der Waals surface area contributed by atoms with Crippen molar-refractivity contribution in [3.63, 3.8) is 0 Å². The molecule has 2 rings (SSSR count). The number of benzene rings is 2. The Balaban J connectivity index is 1.97. The summed E-state index contributed by atoms with van der Waals surface area (Å²) in [6.45, 7) is 5.57. The molecule has 2 aromatic rings. The molecule has 28 heavy (non-hydrogen) atoms. The number of amides is 2. The Hall–Kier alpha value is -3.35. The highest BCUT2D eigenvalue weighted by Crippen LogP contribution is 2.27. The Kier molecular flexibility index (Phi) is 7.14. The van der Waals surface area contributed by atoms with Crippen LogP contribution in [0.5, 0.6) is 11.5 Å². The highest BCUT2D eigenvalue weighted by atomic mass is 16.5. The number of hydrogen-bond acceptors (Lipinski definition) is 5. The second-order valence-electron chi connectivity index (χ2n) is 6.40. The molecule has 7 heteroatoms. The highest BCUT2D eigenvalue weighted by molar-refractivity contribution is 6.06. The third-order valence-corrected chi connectivity index (χ3v) is 4.08. The van der Waals surface area contributed by atoms with E-state index in [1.807, 2.05) is 32.0 Å². The summed E-state index contributed by atoms with van der Waals surface area (Å²) >= 11 is 0. The van der Waals surface area contributed by atoms with Gasteiger partial charge in [-0.15, -0.1) is 0 Å². The maximum absolute atomic E-state index is 12.3. The number of rotatable bonds is 7. The fourth-order valence-corrected chi connectivity index (χ4v) is 2.53. The zero-order chi connectivity index (χ0) is 20.7. The maximum Gasteiger partial charge on any atom is 0.271 e. The first-order chi connectivity index (χ1) is 13.3. The number of carbonyl (C=O) groups excluding carboxylic acids is 2. The SMILES string of the molecule is COc1ccc(C(=O)NN=C(C)CC(=O)Nc2cc(C)ccc2C)cc1OC. The lowest BCUT2D eigenvalue weighted by Gasteiger charge is -2.10. The maximum atomic E-state index is 12.3. The second kappa shape index (κ2) is 9.55. The van der Waals surface area contributed by atoms with E-state index in [1.54, 1.807) is 25.1 Å². The molecule has 7 nitrogen and oxygen atoms in total. The molecule has 2 amide bonds. The van der Waals surface area contributed by atoms with E-state index in [0.717, 1.165) is 16.8 Å². The Morgan fingerprint density at radius 2 is 1.71 bits per heavy atom. The van der Waals surface area contributed by atoms with Crippen LogP contribution in [0.3, 0.4) is 0 Å². The smallest absolute Gasteiger partial charge is 0.271 e. The van der Waals surface area contributed by atoms with E-state index in [0.29, 0.717) is 22.8 Å². The van der Waals surface area contributed by atoms with Crippen molar-refractivity contribution in [2.24, 2.45) is 5.10 Å². The summed E-state index contributed by atoms with van der Waals surface area (Å²) in [5.41, 5.74) is 6.12. The molecule has 0 spiro atoms. The molecule has 0 aromatic heterocycles. The van der Waals surface area contributed by atoms with Crippen LogP contribution in [-0.4, -0.2) is 31.7 Å². The molecule has 0 bridgehead atoms. The molecule has 0 radical (unpaired) electrons. The lowest BCUT2D eigenvalue weighted by atomic mass is 10.1. The van der Waals surface area contributed by atoms with Crippen molar-refractivity contribution >= 4 is 23.2 Å². The van der Waals surface area contributed by atoms with Crippen molar-refractivity contribution in [2.75, 3.05) is 19.5 Å². The molecule has 0 saturated heterocycles. The van der Waals surface area contributed by atoms with Crippen molar-refractivity contribution in [2.45, 2.75) is 27.2 Å². The Morgan fingerprint density at radius 3 is 2.39 bits per heavy atom. The molecule has 2 aromatic carbocycles. The van der Waals surface area contributed by atoms with E-state index in [1.165, 1.54) is 14.2 Å². The van der Waals surface area contributed by atoms with Crippen LogP contribution in [0, 0.1) is 13.8 Å². The van der Waals surface area contributed by atoms with Crippen LogP contribution in [0.15, 0.2) is 41.5 Å². The third kappa shape index (κ3) is 5.57. The van der Waals surface area contributed by atoms with Crippen LogP contribution in [0.4, 0.5) is 5.69 Å². The van der Waals surface area contributed by atoms with Gasteiger partial charge >= 0.3 is 0 Å². The summed E-state index contributed by atoms with van der Waals surface area (Å²) in [6, 6.07) is 10.7. The van der Waals surface area contributed by atoms with Crippen LogP contribution in [-0.2, 0) is 4.79 Å². The number of hydrogen-bond donors (Lipinski definition) is 2. The van der Waals surface area contributed by atoms with Gasteiger partial charge in [-0.1, -0.05) is 12.1 Å². The van der Waals surface area contributed by atoms with Crippen LogP contribution < -0.4 is 20.2 Å². The fraction of sp³-hybridized carbons (Fsp3) is 0.286. The van der Waals surface area contributed by atoms with Gasteiger partial charge in [-0.2, -0.15) is 5.10 Å². The zero-order valence-electron chi connectivity index (χ0n) is 16.8. The molecule has 0 aliphatic carbocycles. The van der Waals surface area contributed by atoms with Crippen molar-refractivity contribution in [3.05, 3.63) is 53.1 Å². The van der Waals surface area contributed by atoms with Gasteiger partial charge in [0.1, 0.15) is 0 Å². The molecule has 2 N–H and O–H groups in total. The number of hydrazone groups is 1. The number of nitrogens with one attached hydrogen (secondary N) is 2. The number of carbonyl (C=O) groups is 2. The van der Waals surface area contributed by atoms with Crippen molar-refractivity contribution in [3.8, 4) is 11.5 Å². The average molecular weight is 383 g/mol. The van der Waals surface area contributed by atoms with Crippen molar-refractivity contribution < 1.29 is 19.1 Å². The lowest BCUT2D eigenvalue weighted by molar-refractivity contribution is -0.115. The van der Waals surface area contributed by atoms with Gasteiger partial charge < -0.3 is 14.8 Å². The molecular weight excluding hydrogens is 358 g/mol. The van der Waals surface area contributed by atoms with Gasteiger partial charge in [-0.25, -0.2) is 5.43 Å². The van der Waals surface area contributed by atoms with Crippen LogP contribution in [0.1, 0.15) is 34.8 Å². The van der Waals surface area contributed by atoms with Gasteiger partial charge in [-0.3, -0.25) is 9.59 Å². The molecule has 0 heterocycles. The minimum atomic E-state index is -0.407. The number of aryl methyl sites for hydroxylation is 2. The predicted octanol–water partition coefficient (Wildman–Crippen LogP) is 3.46. The Bertz CT molecular complexity index is 907. The van der Waals surface area contributed by atoms with Crippen LogP contribution in [0.2, 0.25) is 0 Å². The fourth-order valence-electron chi connectivity index (χ4n) is 2.53. The normalized spacial score (nSPS) is 11.0. The van der Waals surface area contributed by atoms with Gasteiger partial charge in [-0.05, 0) is 56.2 Å². The van der Waals surface area contributed by atoms with E-state index in [2.05, 4.69) is 15.8 Å². The lowest BCUT2D eigenvalue weighted by Crippen LogP contribution is -2.21. The molecule has 148 valence electrons. The molecule has 0 fully saturated rings. The third-order valence-electron chi connectivity index (χ3n) is 4.08. The molecule has 0 aliphatic rings. The minimum absolute atomic E-state index is 0.0690. The first kappa shape index (κ1) is 21.0. The predicted molar refractivity (Wildman–Crippen MR) is 109 cm³/mol. The van der Waals surface area contributed by atoms with E-state index in [-0.39, 0.29) is 12.3 Å². The first-order valence-electron chi connectivity index (χ1n) is 8.76. The van der Waals surface area contributed by atoms with E-state index < -0.39 is 5.91 Å². The van der Waals surface area contributed by atoms with Crippen molar-refractivity contribution in [1.82, 2.24) is 5.43 Å². The van der Waals surface area contributed by atoms with Gasteiger partial charge in [0.25, 0.3) is 5.91 Å². The number of nitrogens with zero attached hydrogens (tertiary/aromatic N) is 1. The van der Waals surface area contributed by atoms with Gasteiger partial charge in [0.05, 0.1) is 20.6 Å². The van der Waals surface area contributed by atoms with Gasteiger partial charge in [0.15, 0.2) is 11.5 Å². The Morgan fingerprint density at radius 1 is 1.00 bits per heavy atom. The summed E-state index contributed by atoms with van der Waals surface area (Å²) in [6.07, 6.45) is 0.0690. The Labute approximate surface area is 164 Å². The van der Waals surface area contributed by atoms with Crippen molar-refractivity contribution in [1.29, 1.82) is 0 Å². The minimum Gasteiger partial charge on any atom is -0.493 e. The number of methoxy groups -OCH3 is 2. The van der Waals surface area contributed by atoms with E-state index >= 15 is 0 Å². The van der Waals surface area contributed by atoms with E-state index in [4.69, 9.17) is 9.47 Å². The molecule has 0 unspecified atom stereocenters. The topological polar surface area (TPSA) is 89.0 Å². The second-order valence-corrected chi connectivity index (χ2v) is 6.40.